The molecule has 0 saturated heterocycles. The molecule has 1 unspecified atom stereocenters. The molecule has 0 radical (unpaired) electrons. The van der Waals surface area contributed by atoms with Gasteiger partial charge in [-0.15, -0.1) is 11.3 Å². The Labute approximate surface area is 192 Å². The summed E-state index contributed by atoms with van der Waals surface area (Å²) < 4.78 is 25.1. The van der Waals surface area contributed by atoms with Crippen LogP contribution in [0.25, 0.3) is 5.57 Å². The van der Waals surface area contributed by atoms with Gasteiger partial charge in [-0.3, -0.25) is 10.1 Å². The maximum Gasteiger partial charge on any atom is 0.257 e. The van der Waals surface area contributed by atoms with Gasteiger partial charge in [-0.25, -0.2) is 13.4 Å². The van der Waals surface area contributed by atoms with Crippen molar-refractivity contribution in [3.63, 3.8) is 0 Å². The average molecular weight is 477 g/mol. The van der Waals surface area contributed by atoms with Crippen LogP contribution in [0.4, 0.5) is 5.13 Å². The second-order valence-electron chi connectivity index (χ2n) is 8.60. The highest BCUT2D eigenvalue weighted by atomic mass is 32.2. The first kappa shape index (κ1) is 23.1. The standard InChI is InChI=1S/C23H28N2O5S2/c26-12-21(27)20-13-31-23(24-20)25-22(28)19(11-15-3-1-2-4-15)17-7-9-18(10-8-17)32(29,30)14-16-5-6-16/h7-11,13,15-16,21,26-27H,1-6,12,14H2,(H,24,25,28)/b19-11+. The SMILES string of the molecule is O=C(Nc1nc(C(O)CO)cs1)/C(=C/C1CCCC1)c1ccc(S(=O)(=O)CC2CC2)cc1. The summed E-state index contributed by atoms with van der Waals surface area (Å²) in [5.41, 5.74) is 1.45. The van der Waals surface area contributed by atoms with Crippen LogP contribution in [0.15, 0.2) is 40.6 Å². The molecule has 9 heteroatoms. The average Bonchev–Trinajstić information content (AvgIpc) is 3.24. The highest BCUT2D eigenvalue weighted by molar-refractivity contribution is 7.91. The number of nitrogens with zero attached hydrogens (tertiary/aromatic N) is 1. The molecular formula is C23H28N2O5S2. The lowest BCUT2D eigenvalue weighted by Crippen LogP contribution is -2.15. The van der Waals surface area contributed by atoms with Crippen molar-refractivity contribution in [1.29, 1.82) is 0 Å². The number of allylic oxidation sites excluding steroid dienone is 1. The largest absolute Gasteiger partial charge is 0.393 e. The van der Waals surface area contributed by atoms with E-state index in [0.717, 1.165) is 38.5 Å². The molecule has 3 N–H and O–H groups in total. The van der Waals surface area contributed by atoms with Gasteiger partial charge in [0.05, 0.1) is 22.9 Å². The van der Waals surface area contributed by atoms with Gasteiger partial charge in [0, 0.05) is 11.0 Å². The van der Waals surface area contributed by atoms with Gasteiger partial charge in [0.1, 0.15) is 6.10 Å². The number of rotatable bonds is 9. The van der Waals surface area contributed by atoms with Crippen molar-refractivity contribution in [2.24, 2.45) is 11.8 Å². The molecule has 1 aromatic heterocycles. The molecule has 172 valence electrons. The number of amides is 1. The van der Waals surface area contributed by atoms with Crippen LogP contribution in [0.1, 0.15) is 55.9 Å². The summed E-state index contributed by atoms with van der Waals surface area (Å²) in [7, 11) is -3.31. The number of hydrogen-bond donors (Lipinski definition) is 3. The topological polar surface area (TPSA) is 117 Å². The molecule has 1 aromatic carbocycles. The fraction of sp³-hybridized carbons (Fsp3) is 0.478. The van der Waals surface area contributed by atoms with Crippen molar-refractivity contribution in [2.75, 3.05) is 17.7 Å². The summed E-state index contributed by atoms with van der Waals surface area (Å²) in [6.45, 7) is -0.444. The molecule has 32 heavy (non-hydrogen) atoms. The number of sulfone groups is 1. The lowest BCUT2D eigenvalue weighted by molar-refractivity contribution is -0.111. The number of hydrogen-bond acceptors (Lipinski definition) is 7. The second kappa shape index (κ2) is 9.82. The zero-order valence-corrected chi connectivity index (χ0v) is 19.4. The normalized spacial score (nSPS) is 18.6. The maximum absolute atomic E-state index is 13.1. The first-order chi connectivity index (χ1) is 15.4. The lowest BCUT2D eigenvalue weighted by atomic mass is 9.98. The Morgan fingerprint density at radius 1 is 1.19 bits per heavy atom. The molecule has 2 aliphatic carbocycles. The van der Waals surface area contributed by atoms with Crippen molar-refractivity contribution in [2.45, 2.75) is 49.5 Å². The molecular weight excluding hydrogens is 448 g/mol. The van der Waals surface area contributed by atoms with Crippen LogP contribution in [0.5, 0.6) is 0 Å². The summed E-state index contributed by atoms with van der Waals surface area (Å²) in [5, 5.41) is 23.5. The molecule has 1 atom stereocenters. The highest BCUT2D eigenvalue weighted by Crippen LogP contribution is 2.33. The maximum atomic E-state index is 13.1. The van der Waals surface area contributed by atoms with E-state index in [2.05, 4.69) is 10.3 Å². The number of aliphatic hydroxyl groups is 2. The van der Waals surface area contributed by atoms with E-state index in [1.807, 2.05) is 6.08 Å². The third kappa shape index (κ3) is 5.64. The Balaban J connectivity index is 1.56. The molecule has 2 aromatic rings. The van der Waals surface area contributed by atoms with E-state index in [-0.39, 0.29) is 22.5 Å². The van der Waals surface area contributed by atoms with Gasteiger partial charge in [0.2, 0.25) is 0 Å². The van der Waals surface area contributed by atoms with Gasteiger partial charge in [-0.05, 0) is 55.2 Å². The summed E-state index contributed by atoms with van der Waals surface area (Å²) >= 11 is 1.17. The third-order valence-electron chi connectivity index (χ3n) is 5.98. The van der Waals surface area contributed by atoms with E-state index in [1.54, 1.807) is 29.6 Å². The zero-order chi connectivity index (χ0) is 22.7. The number of aliphatic hydroxyl groups excluding tert-OH is 2. The van der Waals surface area contributed by atoms with Gasteiger partial charge in [0.25, 0.3) is 5.91 Å². The number of anilines is 1. The van der Waals surface area contributed by atoms with E-state index in [4.69, 9.17) is 5.11 Å². The number of carbonyl (C=O) groups excluding carboxylic acids is 1. The van der Waals surface area contributed by atoms with E-state index in [0.29, 0.717) is 27.9 Å². The van der Waals surface area contributed by atoms with Crippen LogP contribution < -0.4 is 5.32 Å². The van der Waals surface area contributed by atoms with E-state index in [9.17, 15) is 18.3 Å². The summed E-state index contributed by atoms with van der Waals surface area (Å²) in [5.74, 6) is 0.432. The fourth-order valence-electron chi connectivity index (χ4n) is 3.95. The number of thiazole rings is 1. The van der Waals surface area contributed by atoms with Gasteiger partial charge in [-0.1, -0.05) is 31.1 Å². The molecule has 4 rings (SSSR count). The Morgan fingerprint density at radius 2 is 1.88 bits per heavy atom. The zero-order valence-electron chi connectivity index (χ0n) is 17.7. The minimum absolute atomic E-state index is 0.184. The molecule has 1 heterocycles. The van der Waals surface area contributed by atoms with Crippen molar-refractivity contribution in [1.82, 2.24) is 4.98 Å². The van der Waals surface area contributed by atoms with Gasteiger partial charge in [-0.2, -0.15) is 0 Å². The Bertz CT molecular complexity index is 1080. The molecule has 7 nitrogen and oxygen atoms in total. The minimum Gasteiger partial charge on any atom is -0.393 e. The molecule has 0 bridgehead atoms. The van der Waals surface area contributed by atoms with Crippen molar-refractivity contribution < 1.29 is 23.4 Å². The second-order valence-corrected chi connectivity index (χ2v) is 11.5. The van der Waals surface area contributed by atoms with Crippen molar-refractivity contribution in [3.05, 3.63) is 47.0 Å². The molecule has 0 aliphatic heterocycles. The van der Waals surface area contributed by atoms with Gasteiger partial charge in [0.15, 0.2) is 15.0 Å². The first-order valence-electron chi connectivity index (χ1n) is 11.0. The number of aromatic nitrogens is 1. The van der Waals surface area contributed by atoms with Crippen molar-refractivity contribution >= 4 is 37.8 Å². The quantitative estimate of drug-likeness (QED) is 0.477. The fourth-order valence-corrected chi connectivity index (χ4v) is 6.40. The van der Waals surface area contributed by atoms with Gasteiger partial charge >= 0.3 is 0 Å². The Morgan fingerprint density at radius 3 is 2.50 bits per heavy atom. The monoisotopic (exact) mass is 476 g/mol. The Kier molecular flexibility index (Phi) is 7.09. The van der Waals surface area contributed by atoms with Crippen LogP contribution in [0.2, 0.25) is 0 Å². The van der Waals surface area contributed by atoms with Crippen LogP contribution in [-0.4, -0.2) is 41.9 Å². The minimum atomic E-state index is -3.31. The first-order valence-corrected chi connectivity index (χ1v) is 13.5. The number of benzene rings is 1. The Hall–Kier alpha value is -2.07. The summed E-state index contributed by atoms with van der Waals surface area (Å²) in [4.78, 5) is 17.6. The lowest BCUT2D eigenvalue weighted by Gasteiger charge is -2.12. The highest BCUT2D eigenvalue weighted by Gasteiger charge is 2.29. The van der Waals surface area contributed by atoms with E-state index in [1.165, 1.54) is 11.3 Å². The summed E-state index contributed by atoms with van der Waals surface area (Å²) in [6, 6.07) is 6.57. The predicted octanol–water partition coefficient (Wildman–Crippen LogP) is 3.56. The predicted molar refractivity (Wildman–Crippen MR) is 124 cm³/mol. The molecule has 2 fully saturated rings. The third-order valence-corrected chi connectivity index (χ3v) is 8.66. The van der Waals surface area contributed by atoms with E-state index >= 15 is 0 Å². The molecule has 0 spiro atoms. The van der Waals surface area contributed by atoms with Crippen LogP contribution in [0, 0.1) is 11.8 Å². The molecule has 2 saturated carbocycles. The number of nitrogens with one attached hydrogen (secondary N) is 1. The number of carbonyl (C=O) groups is 1. The van der Waals surface area contributed by atoms with Gasteiger partial charge < -0.3 is 10.2 Å². The summed E-state index contributed by atoms with van der Waals surface area (Å²) in [6.07, 6.45) is 7.14. The van der Waals surface area contributed by atoms with Crippen LogP contribution in [-0.2, 0) is 14.6 Å². The van der Waals surface area contributed by atoms with Crippen LogP contribution >= 0.6 is 11.3 Å². The van der Waals surface area contributed by atoms with Crippen LogP contribution in [0.3, 0.4) is 0 Å². The van der Waals surface area contributed by atoms with Crippen molar-refractivity contribution in [3.8, 4) is 0 Å². The smallest absolute Gasteiger partial charge is 0.257 e. The van der Waals surface area contributed by atoms with E-state index < -0.39 is 22.5 Å². The molecule has 1 amide bonds. The molecule has 2 aliphatic rings.